The van der Waals surface area contributed by atoms with Gasteiger partial charge in [0, 0.05) is 34.1 Å². The summed E-state index contributed by atoms with van der Waals surface area (Å²) in [5.74, 6) is 0.658. The van der Waals surface area contributed by atoms with Crippen LogP contribution in [0.5, 0.6) is 0 Å². The zero-order valence-corrected chi connectivity index (χ0v) is 15.5. The van der Waals surface area contributed by atoms with Crippen molar-refractivity contribution in [2.45, 2.75) is 36.8 Å². The number of rotatable bonds is 5. The van der Waals surface area contributed by atoms with Gasteiger partial charge < -0.3 is 5.32 Å². The van der Waals surface area contributed by atoms with Gasteiger partial charge in [0.25, 0.3) is 0 Å². The van der Waals surface area contributed by atoms with Gasteiger partial charge in [0.1, 0.15) is 5.01 Å². The normalized spacial score (nSPS) is 14.6. The molecule has 0 saturated heterocycles. The van der Waals surface area contributed by atoms with Crippen LogP contribution in [0.1, 0.15) is 23.4 Å². The molecule has 1 aromatic carbocycles. The molecular weight excluding hydrogens is 356 g/mol. The number of benzene rings is 1. The van der Waals surface area contributed by atoms with Crippen molar-refractivity contribution in [1.82, 2.24) is 15.2 Å². The fourth-order valence-corrected chi connectivity index (χ4v) is 5.43. The molecule has 3 aromatic rings. The highest BCUT2D eigenvalue weighted by molar-refractivity contribution is 7.92. The minimum absolute atomic E-state index is 0.268. The highest BCUT2D eigenvalue weighted by Crippen LogP contribution is 2.40. The van der Waals surface area contributed by atoms with Crippen LogP contribution in [-0.2, 0) is 9.84 Å². The SMILES string of the molecule is Cc1cc(Nc2ccc(-c3ncc(C)s3)c(S(=O)(=O)C3CC3)c2)n[nH]1. The fourth-order valence-electron chi connectivity index (χ4n) is 2.68. The number of aromatic amines is 1. The second-order valence-electron chi connectivity index (χ2n) is 6.29. The minimum atomic E-state index is -3.35. The van der Waals surface area contributed by atoms with E-state index in [2.05, 4.69) is 20.5 Å². The van der Waals surface area contributed by atoms with Crippen molar-refractivity contribution >= 4 is 32.7 Å². The van der Waals surface area contributed by atoms with Crippen LogP contribution in [0.2, 0.25) is 0 Å². The van der Waals surface area contributed by atoms with Gasteiger partial charge in [0.05, 0.1) is 10.1 Å². The Kier molecular flexibility index (Phi) is 3.88. The van der Waals surface area contributed by atoms with E-state index in [4.69, 9.17) is 0 Å². The number of aryl methyl sites for hydroxylation is 2. The molecule has 0 spiro atoms. The van der Waals surface area contributed by atoms with Crippen LogP contribution in [0.15, 0.2) is 35.4 Å². The molecule has 0 atom stereocenters. The largest absolute Gasteiger partial charge is 0.339 e. The first kappa shape index (κ1) is 16.3. The highest BCUT2D eigenvalue weighted by atomic mass is 32.2. The van der Waals surface area contributed by atoms with Crippen molar-refractivity contribution in [3.63, 3.8) is 0 Å². The average molecular weight is 374 g/mol. The summed E-state index contributed by atoms with van der Waals surface area (Å²) >= 11 is 1.50. The number of anilines is 2. The third-order valence-electron chi connectivity index (χ3n) is 4.08. The molecule has 130 valence electrons. The van der Waals surface area contributed by atoms with Gasteiger partial charge in [-0.1, -0.05) is 0 Å². The Bertz CT molecular complexity index is 1030. The van der Waals surface area contributed by atoms with Crippen molar-refractivity contribution in [1.29, 1.82) is 0 Å². The van der Waals surface area contributed by atoms with Crippen molar-refractivity contribution < 1.29 is 8.42 Å². The number of hydrogen-bond acceptors (Lipinski definition) is 6. The molecule has 0 bridgehead atoms. The maximum atomic E-state index is 12.9. The molecular formula is C17H18N4O2S2. The van der Waals surface area contributed by atoms with Crippen LogP contribution >= 0.6 is 11.3 Å². The van der Waals surface area contributed by atoms with Crippen LogP contribution in [0.3, 0.4) is 0 Å². The van der Waals surface area contributed by atoms with E-state index in [-0.39, 0.29) is 5.25 Å². The van der Waals surface area contributed by atoms with Gasteiger partial charge in [0.15, 0.2) is 15.7 Å². The minimum Gasteiger partial charge on any atom is -0.339 e. The molecule has 0 radical (unpaired) electrons. The molecule has 2 N–H and O–H groups in total. The average Bonchev–Trinajstić information content (AvgIpc) is 3.25. The number of nitrogens with zero attached hydrogens (tertiary/aromatic N) is 2. The summed E-state index contributed by atoms with van der Waals surface area (Å²) in [5, 5.41) is 10.6. The Labute approximate surface area is 150 Å². The van der Waals surface area contributed by atoms with E-state index in [1.165, 1.54) is 11.3 Å². The molecule has 1 saturated carbocycles. The maximum absolute atomic E-state index is 12.9. The number of thiazole rings is 1. The van der Waals surface area contributed by atoms with Crippen LogP contribution in [0, 0.1) is 13.8 Å². The third-order valence-corrected chi connectivity index (χ3v) is 7.33. The lowest BCUT2D eigenvalue weighted by Crippen LogP contribution is -2.09. The van der Waals surface area contributed by atoms with Crippen molar-refractivity contribution in [2.24, 2.45) is 0 Å². The van der Waals surface area contributed by atoms with Gasteiger partial charge in [-0.25, -0.2) is 13.4 Å². The molecule has 0 unspecified atom stereocenters. The number of aromatic nitrogens is 3. The molecule has 6 nitrogen and oxygen atoms in total. The van der Waals surface area contributed by atoms with E-state index in [1.54, 1.807) is 12.3 Å². The van der Waals surface area contributed by atoms with Crippen molar-refractivity contribution in [3.8, 4) is 10.6 Å². The summed E-state index contributed by atoms with van der Waals surface area (Å²) < 4.78 is 25.9. The first-order valence-electron chi connectivity index (χ1n) is 8.03. The molecule has 0 amide bonds. The maximum Gasteiger partial charge on any atom is 0.182 e. The second-order valence-corrected chi connectivity index (χ2v) is 9.72. The molecule has 2 aromatic heterocycles. The van der Waals surface area contributed by atoms with Gasteiger partial charge >= 0.3 is 0 Å². The zero-order chi connectivity index (χ0) is 17.6. The Morgan fingerprint density at radius 2 is 2.04 bits per heavy atom. The van der Waals surface area contributed by atoms with Crippen LogP contribution in [0.25, 0.3) is 10.6 Å². The number of H-pyrrole nitrogens is 1. The predicted molar refractivity (Wildman–Crippen MR) is 99.1 cm³/mol. The highest BCUT2D eigenvalue weighted by Gasteiger charge is 2.38. The molecule has 1 aliphatic rings. The van der Waals surface area contributed by atoms with E-state index in [0.29, 0.717) is 22.0 Å². The molecule has 1 fully saturated rings. The van der Waals surface area contributed by atoms with Crippen LogP contribution in [-0.4, -0.2) is 28.8 Å². The lowest BCUT2D eigenvalue weighted by Gasteiger charge is -2.11. The Balaban J connectivity index is 1.79. The van der Waals surface area contributed by atoms with Gasteiger partial charge in [-0.3, -0.25) is 5.10 Å². The van der Waals surface area contributed by atoms with E-state index in [1.807, 2.05) is 32.0 Å². The van der Waals surface area contributed by atoms with Crippen LogP contribution < -0.4 is 5.32 Å². The molecule has 8 heteroatoms. The van der Waals surface area contributed by atoms with E-state index in [9.17, 15) is 8.42 Å². The van der Waals surface area contributed by atoms with E-state index in [0.717, 1.165) is 28.4 Å². The van der Waals surface area contributed by atoms with Crippen LogP contribution in [0.4, 0.5) is 11.5 Å². The summed E-state index contributed by atoms with van der Waals surface area (Å²) in [6.45, 7) is 3.88. The Morgan fingerprint density at radius 3 is 2.64 bits per heavy atom. The molecule has 2 heterocycles. The Hall–Kier alpha value is -2.19. The van der Waals surface area contributed by atoms with Crippen molar-refractivity contribution in [2.75, 3.05) is 5.32 Å². The summed E-state index contributed by atoms with van der Waals surface area (Å²) in [4.78, 5) is 5.78. The molecule has 4 rings (SSSR count). The second kappa shape index (κ2) is 5.96. The van der Waals surface area contributed by atoms with Crippen molar-refractivity contribution in [3.05, 3.63) is 41.0 Å². The smallest absolute Gasteiger partial charge is 0.182 e. The zero-order valence-electron chi connectivity index (χ0n) is 13.9. The van der Waals surface area contributed by atoms with Gasteiger partial charge in [-0.05, 0) is 44.9 Å². The standard InChI is InChI=1S/C17H18N4O2S2/c1-10-7-16(21-20-10)19-12-3-6-14(17-18-9-11(2)24-17)15(8-12)25(22,23)13-4-5-13/h3,6-9,13H,4-5H2,1-2H3,(H2,19,20,21). The van der Waals surface area contributed by atoms with Gasteiger partial charge in [0.2, 0.25) is 0 Å². The summed E-state index contributed by atoms with van der Waals surface area (Å²) in [6, 6.07) is 7.26. The fraction of sp³-hybridized carbons (Fsp3) is 0.294. The molecule has 25 heavy (non-hydrogen) atoms. The quantitative estimate of drug-likeness (QED) is 0.709. The lowest BCUT2D eigenvalue weighted by molar-refractivity contribution is 0.595. The predicted octanol–water partition coefficient (Wildman–Crippen LogP) is 3.83. The van der Waals surface area contributed by atoms with Gasteiger partial charge in [-0.15, -0.1) is 11.3 Å². The lowest BCUT2D eigenvalue weighted by atomic mass is 10.2. The number of nitrogens with one attached hydrogen (secondary N) is 2. The number of hydrogen-bond donors (Lipinski definition) is 2. The summed E-state index contributed by atoms with van der Waals surface area (Å²) in [7, 11) is -3.35. The summed E-state index contributed by atoms with van der Waals surface area (Å²) in [6.07, 6.45) is 3.23. The summed E-state index contributed by atoms with van der Waals surface area (Å²) in [5.41, 5.74) is 2.31. The van der Waals surface area contributed by atoms with E-state index < -0.39 is 9.84 Å². The first-order chi connectivity index (χ1) is 11.9. The third kappa shape index (κ3) is 3.19. The van der Waals surface area contributed by atoms with E-state index >= 15 is 0 Å². The molecule has 1 aliphatic carbocycles. The Morgan fingerprint density at radius 1 is 1.24 bits per heavy atom. The first-order valence-corrected chi connectivity index (χ1v) is 10.4. The molecule has 0 aliphatic heterocycles. The topological polar surface area (TPSA) is 87.7 Å². The van der Waals surface area contributed by atoms with Gasteiger partial charge in [-0.2, -0.15) is 5.10 Å². The number of sulfone groups is 1. The monoisotopic (exact) mass is 374 g/mol.